The van der Waals surface area contributed by atoms with Crippen molar-refractivity contribution in [1.29, 1.82) is 0 Å². The molecule has 0 bridgehead atoms. The number of hydrogen-bond donors (Lipinski definition) is 0. The Balaban J connectivity index is 3.81. The Morgan fingerprint density at radius 3 is 2.58 bits per heavy atom. The molecule has 68 valence electrons. The topological polar surface area (TPSA) is 17.1 Å². The zero-order chi connectivity index (χ0) is 9.40. The van der Waals surface area contributed by atoms with E-state index in [1.54, 1.807) is 0 Å². The highest BCUT2D eigenvalue weighted by molar-refractivity contribution is 5.83. The first-order valence-electron chi connectivity index (χ1n) is 4.72. The summed E-state index contributed by atoms with van der Waals surface area (Å²) in [6, 6.07) is 0. The predicted molar refractivity (Wildman–Crippen MR) is 51.8 cm³/mol. The fourth-order valence-electron chi connectivity index (χ4n) is 1.29. The second-order valence-electron chi connectivity index (χ2n) is 3.09. The first-order valence-corrected chi connectivity index (χ1v) is 4.72. The molecule has 0 aliphatic carbocycles. The highest BCUT2D eigenvalue weighted by Gasteiger charge is 2.13. The van der Waals surface area contributed by atoms with Gasteiger partial charge < -0.3 is 0 Å². The van der Waals surface area contributed by atoms with Gasteiger partial charge in [-0.3, -0.25) is 4.79 Å². The maximum atomic E-state index is 11.3. The average molecular weight is 166 g/mol. The van der Waals surface area contributed by atoms with Crippen molar-refractivity contribution in [2.45, 2.75) is 46.0 Å². The van der Waals surface area contributed by atoms with Crippen molar-refractivity contribution in [1.82, 2.24) is 0 Å². The number of hydrogen-bond acceptors (Lipinski definition) is 1. The Labute approximate surface area is 75.5 Å². The molecule has 0 aromatic heterocycles. The summed E-state index contributed by atoms with van der Waals surface area (Å²) in [6.45, 7) is 4.19. The Morgan fingerprint density at radius 2 is 2.17 bits per heavy atom. The molecule has 12 heavy (non-hydrogen) atoms. The smallest absolute Gasteiger partial charge is 0.147 e. The Hall–Kier alpha value is -0.770. The zero-order valence-corrected chi connectivity index (χ0v) is 8.10. The van der Waals surface area contributed by atoms with Gasteiger partial charge in [-0.15, -0.1) is 6.42 Å². The lowest BCUT2D eigenvalue weighted by Crippen LogP contribution is -2.12. The lowest BCUT2D eigenvalue weighted by atomic mass is 9.93. The number of carbonyl (C=O) groups is 1. The summed E-state index contributed by atoms with van der Waals surface area (Å²) in [4.78, 5) is 11.3. The van der Waals surface area contributed by atoms with Crippen molar-refractivity contribution in [3.8, 4) is 12.3 Å². The molecule has 0 heterocycles. The van der Waals surface area contributed by atoms with E-state index in [2.05, 4.69) is 19.8 Å². The van der Waals surface area contributed by atoms with E-state index in [0.717, 1.165) is 25.7 Å². The molecule has 1 nitrogen and oxygen atoms in total. The maximum Gasteiger partial charge on any atom is 0.147 e. The molecule has 0 aliphatic rings. The number of terminal acetylenes is 1. The maximum absolute atomic E-state index is 11.3. The third-order valence-electron chi connectivity index (χ3n) is 2.13. The van der Waals surface area contributed by atoms with Crippen LogP contribution in [0.25, 0.3) is 0 Å². The standard InChI is InChI=1S/C11H18O/c1-4-7-9-10(6-3)11(12)8-5-2/h2,10H,4,6-9H2,1,3H3. The van der Waals surface area contributed by atoms with Crippen LogP contribution in [0.4, 0.5) is 0 Å². The third-order valence-corrected chi connectivity index (χ3v) is 2.13. The van der Waals surface area contributed by atoms with Crippen LogP contribution in [-0.2, 0) is 4.79 Å². The van der Waals surface area contributed by atoms with Gasteiger partial charge in [0.15, 0.2) is 0 Å². The summed E-state index contributed by atoms with van der Waals surface area (Å²) in [5.74, 6) is 2.86. The second kappa shape index (κ2) is 6.91. The summed E-state index contributed by atoms with van der Waals surface area (Å²) in [5.41, 5.74) is 0. The summed E-state index contributed by atoms with van der Waals surface area (Å²) in [5, 5.41) is 0. The Morgan fingerprint density at radius 1 is 1.50 bits per heavy atom. The number of unbranched alkanes of at least 4 members (excludes halogenated alkanes) is 1. The minimum Gasteiger partial charge on any atom is -0.298 e. The van der Waals surface area contributed by atoms with Gasteiger partial charge in [-0.05, 0) is 12.8 Å². The lowest BCUT2D eigenvalue weighted by molar-refractivity contribution is -0.122. The molecule has 0 aliphatic heterocycles. The largest absolute Gasteiger partial charge is 0.298 e. The fraction of sp³-hybridized carbons (Fsp3) is 0.727. The number of Topliss-reactive ketones (excluding diaryl/α,β-unsaturated/α-hetero) is 1. The predicted octanol–water partition coefficient (Wildman–Crippen LogP) is 2.80. The van der Waals surface area contributed by atoms with Gasteiger partial charge in [0, 0.05) is 5.92 Å². The average Bonchev–Trinajstić information content (AvgIpc) is 2.06. The van der Waals surface area contributed by atoms with Gasteiger partial charge in [-0.25, -0.2) is 0 Å². The van der Waals surface area contributed by atoms with Crippen LogP contribution in [0, 0.1) is 18.3 Å². The van der Waals surface area contributed by atoms with Gasteiger partial charge in [-0.2, -0.15) is 0 Å². The molecular formula is C11H18O. The van der Waals surface area contributed by atoms with Gasteiger partial charge in [-0.1, -0.05) is 32.6 Å². The minimum absolute atomic E-state index is 0.209. The molecule has 0 aromatic carbocycles. The monoisotopic (exact) mass is 166 g/mol. The lowest BCUT2D eigenvalue weighted by Gasteiger charge is -2.10. The van der Waals surface area contributed by atoms with E-state index >= 15 is 0 Å². The van der Waals surface area contributed by atoms with E-state index in [1.807, 2.05) is 0 Å². The number of ketones is 1. The van der Waals surface area contributed by atoms with Crippen molar-refractivity contribution < 1.29 is 4.79 Å². The molecule has 1 heteroatoms. The molecule has 0 radical (unpaired) electrons. The van der Waals surface area contributed by atoms with Crippen LogP contribution >= 0.6 is 0 Å². The van der Waals surface area contributed by atoms with E-state index in [1.165, 1.54) is 0 Å². The van der Waals surface area contributed by atoms with Crippen LogP contribution in [-0.4, -0.2) is 5.78 Å². The molecule has 1 atom stereocenters. The van der Waals surface area contributed by atoms with E-state index < -0.39 is 0 Å². The third kappa shape index (κ3) is 4.18. The van der Waals surface area contributed by atoms with Crippen LogP contribution in [0.3, 0.4) is 0 Å². The van der Waals surface area contributed by atoms with Gasteiger partial charge in [0.2, 0.25) is 0 Å². The van der Waals surface area contributed by atoms with E-state index in [-0.39, 0.29) is 11.7 Å². The minimum atomic E-state index is 0.209. The zero-order valence-electron chi connectivity index (χ0n) is 8.10. The van der Waals surface area contributed by atoms with Gasteiger partial charge in [0.25, 0.3) is 0 Å². The molecule has 1 unspecified atom stereocenters. The van der Waals surface area contributed by atoms with Crippen LogP contribution in [0.15, 0.2) is 0 Å². The molecule has 0 spiro atoms. The van der Waals surface area contributed by atoms with Crippen LogP contribution in [0.1, 0.15) is 46.0 Å². The van der Waals surface area contributed by atoms with Crippen molar-refractivity contribution >= 4 is 5.78 Å². The number of rotatable bonds is 6. The highest BCUT2D eigenvalue weighted by atomic mass is 16.1. The highest BCUT2D eigenvalue weighted by Crippen LogP contribution is 2.14. The first kappa shape index (κ1) is 11.2. The van der Waals surface area contributed by atoms with E-state index in [0.29, 0.717) is 6.42 Å². The van der Waals surface area contributed by atoms with Gasteiger partial charge in [0.05, 0.1) is 6.42 Å². The second-order valence-corrected chi connectivity index (χ2v) is 3.09. The van der Waals surface area contributed by atoms with Crippen LogP contribution < -0.4 is 0 Å². The van der Waals surface area contributed by atoms with E-state index in [9.17, 15) is 4.79 Å². The molecular weight excluding hydrogens is 148 g/mol. The molecule has 0 saturated heterocycles. The molecule has 0 fully saturated rings. The molecule has 0 aromatic rings. The Bertz CT molecular complexity index is 164. The van der Waals surface area contributed by atoms with Crippen LogP contribution in [0.2, 0.25) is 0 Å². The molecule has 0 saturated carbocycles. The molecule has 0 rings (SSSR count). The summed E-state index contributed by atoms with van der Waals surface area (Å²) >= 11 is 0. The van der Waals surface area contributed by atoms with Crippen molar-refractivity contribution in [2.24, 2.45) is 5.92 Å². The summed E-state index contributed by atoms with van der Waals surface area (Å²) in [7, 11) is 0. The van der Waals surface area contributed by atoms with Gasteiger partial charge in [0.1, 0.15) is 5.78 Å². The van der Waals surface area contributed by atoms with Crippen LogP contribution in [0.5, 0.6) is 0 Å². The summed E-state index contributed by atoms with van der Waals surface area (Å²) in [6.07, 6.45) is 9.61. The van der Waals surface area contributed by atoms with Crippen molar-refractivity contribution in [3.63, 3.8) is 0 Å². The summed E-state index contributed by atoms with van der Waals surface area (Å²) < 4.78 is 0. The number of carbonyl (C=O) groups excluding carboxylic acids is 1. The SMILES string of the molecule is C#CCC(=O)C(CC)CCCC. The quantitative estimate of drug-likeness (QED) is 0.554. The van der Waals surface area contributed by atoms with Crippen molar-refractivity contribution in [3.05, 3.63) is 0 Å². The first-order chi connectivity index (χ1) is 5.76. The van der Waals surface area contributed by atoms with E-state index in [4.69, 9.17) is 6.42 Å². The van der Waals surface area contributed by atoms with Gasteiger partial charge >= 0.3 is 0 Å². The Kier molecular flexibility index (Phi) is 6.47. The van der Waals surface area contributed by atoms with Crippen molar-refractivity contribution in [2.75, 3.05) is 0 Å². The molecule has 0 N–H and O–H groups in total. The molecule has 0 amide bonds. The normalized spacial score (nSPS) is 12.1. The fourth-order valence-corrected chi connectivity index (χ4v) is 1.29.